The molecule has 0 saturated heterocycles. The number of anilines is 2. The highest BCUT2D eigenvalue weighted by molar-refractivity contribution is 5.70. The minimum atomic E-state index is 0.253. The van der Waals surface area contributed by atoms with E-state index in [0.717, 1.165) is 28.7 Å². The second-order valence-electron chi connectivity index (χ2n) is 8.67. The van der Waals surface area contributed by atoms with Gasteiger partial charge in [0.2, 0.25) is 5.65 Å². The molecule has 2 aliphatic rings. The molecule has 28 heavy (non-hydrogen) atoms. The molecular formula is C21H27N7. The van der Waals surface area contributed by atoms with Crippen LogP contribution in [0.5, 0.6) is 0 Å². The quantitative estimate of drug-likeness (QED) is 0.676. The van der Waals surface area contributed by atoms with Gasteiger partial charge in [-0.2, -0.15) is 4.52 Å². The Balaban J connectivity index is 1.41. The highest BCUT2D eigenvalue weighted by Crippen LogP contribution is 2.56. The monoisotopic (exact) mass is 377 g/mol. The van der Waals surface area contributed by atoms with E-state index in [1.807, 2.05) is 28.9 Å². The Hall–Kier alpha value is -2.70. The van der Waals surface area contributed by atoms with Gasteiger partial charge in [-0.05, 0) is 43.2 Å². The summed E-state index contributed by atoms with van der Waals surface area (Å²) in [4.78, 5) is 4.40. The van der Waals surface area contributed by atoms with Crippen molar-refractivity contribution in [3.63, 3.8) is 0 Å². The van der Waals surface area contributed by atoms with Crippen molar-refractivity contribution >= 4 is 17.2 Å². The Labute approximate surface area is 165 Å². The molecular weight excluding hydrogens is 350 g/mol. The Morgan fingerprint density at radius 1 is 1.21 bits per heavy atom. The Bertz CT molecular complexity index is 967. The molecule has 0 unspecified atom stereocenters. The van der Waals surface area contributed by atoms with Gasteiger partial charge in [-0.15, -0.1) is 15.3 Å². The van der Waals surface area contributed by atoms with Crippen LogP contribution in [0.1, 0.15) is 63.4 Å². The summed E-state index contributed by atoms with van der Waals surface area (Å²) in [6.07, 6.45) is 8.55. The Kier molecular flexibility index (Phi) is 4.18. The molecule has 5 rings (SSSR count). The zero-order chi connectivity index (χ0) is 19.1. The highest BCUT2D eigenvalue weighted by atomic mass is 15.4. The number of nitrogens with one attached hydrogen (secondary N) is 2. The molecule has 146 valence electrons. The van der Waals surface area contributed by atoms with E-state index in [-0.39, 0.29) is 5.92 Å². The molecule has 7 heteroatoms. The van der Waals surface area contributed by atoms with Crippen molar-refractivity contribution in [1.29, 1.82) is 0 Å². The van der Waals surface area contributed by atoms with Gasteiger partial charge in [-0.25, -0.2) is 0 Å². The van der Waals surface area contributed by atoms with Crippen molar-refractivity contribution in [1.82, 2.24) is 24.8 Å². The van der Waals surface area contributed by atoms with E-state index < -0.39 is 0 Å². The molecule has 3 heterocycles. The maximum Gasteiger partial charge on any atom is 0.201 e. The number of rotatable bonds is 6. The summed E-state index contributed by atoms with van der Waals surface area (Å²) in [6, 6.07) is 8.52. The standard InChI is InChI=1S/C21H27N7/c1-14(2)19-25-26-20-17(23-13-15-6-3-4-9-22-15)10-18(27-28(19)20)24-16-11-21(12-16)7-5-8-21/h3-4,6,9-10,14,16,23H,5,7-8,11-13H2,1-2H3,(H,24,27). The van der Waals surface area contributed by atoms with Gasteiger partial charge in [0.05, 0.1) is 17.9 Å². The number of aromatic nitrogens is 5. The SMILES string of the molecule is CC(C)c1nnc2c(NCc3ccccn3)cc(NC3CC4(CCC4)C3)nn12. The second kappa shape index (κ2) is 6.72. The van der Waals surface area contributed by atoms with E-state index in [1.54, 1.807) is 0 Å². The third-order valence-corrected chi connectivity index (χ3v) is 6.22. The molecule has 0 amide bonds. The van der Waals surface area contributed by atoms with Crippen molar-refractivity contribution in [3.05, 3.63) is 42.0 Å². The molecule has 2 saturated carbocycles. The summed E-state index contributed by atoms with van der Waals surface area (Å²) in [7, 11) is 0. The van der Waals surface area contributed by atoms with Gasteiger partial charge in [-0.1, -0.05) is 26.3 Å². The fourth-order valence-electron chi connectivity index (χ4n) is 4.53. The summed E-state index contributed by atoms with van der Waals surface area (Å²) >= 11 is 0. The first kappa shape index (κ1) is 17.4. The van der Waals surface area contributed by atoms with Crippen LogP contribution in [0.25, 0.3) is 5.65 Å². The fraction of sp³-hybridized carbons (Fsp3) is 0.524. The average Bonchev–Trinajstić information content (AvgIpc) is 3.06. The van der Waals surface area contributed by atoms with Crippen molar-refractivity contribution in [2.45, 2.75) is 64.5 Å². The molecule has 2 N–H and O–H groups in total. The minimum absolute atomic E-state index is 0.253. The topological polar surface area (TPSA) is 80.0 Å². The third-order valence-electron chi connectivity index (χ3n) is 6.22. The van der Waals surface area contributed by atoms with Gasteiger partial charge in [0, 0.05) is 24.2 Å². The number of hydrogen-bond donors (Lipinski definition) is 2. The summed E-state index contributed by atoms with van der Waals surface area (Å²) in [6.45, 7) is 4.87. The van der Waals surface area contributed by atoms with Gasteiger partial charge in [0.25, 0.3) is 0 Å². The summed E-state index contributed by atoms with van der Waals surface area (Å²) in [5.74, 6) is 2.02. The molecule has 7 nitrogen and oxygen atoms in total. The van der Waals surface area contributed by atoms with E-state index in [0.29, 0.717) is 18.0 Å². The lowest BCUT2D eigenvalue weighted by molar-refractivity contribution is 0.0191. The van der Waals surface area contributed by atoms with Crippen LogP contribution in [-0.4, -0.2) is 30.8 Å². The molecule has 1 spiro atoms. The lowest BCUT2D eigenvalue weighted by Gasteiger charge is -2.54. The van der Waals surface area contributed by atoms with Crippen LogP contribution in [0.4, 0.5) is 11.5 Å². The maximum absolute atomic E-state index is 4.81. The van der Waals surface area contributed by atoms with E-state index in [9.17, 15) is 0 Å². The average molecular weight is 377 g/mol. The first-order chi connectivity index (χ1) is 13.6. The van der Waals surface area contributed by atoms with Crippen LogP contribution >= 0.6 is 0 Å². The Morgan fingerprint density at radius 2 is 2.07 bits per heavy atom. The van der Waals surface area contributed by atoms with Gasteiger partial charge in [0.1, 0.15) is 5.82 Å². The van der Waals surface area contributed by atoms with Crippen LogP contribution in [-0.2, 0) is 6.54 Å². The van der Waals surface area contributed by atoms with E-state index in [1.165, 1.54) is 32.1 Å². The van der Waals surface area contributed by atoms with Crippen LogP contribution in [0, 0.1) is 5.41 Å². The molecule has 0 aliphatic heterocycles. The van der Waals surface area contributed by atoms with Crippen molar-refractivity contribution in [2.75, 3.05) is 10.6 Å². The van der Waals surface area contributed by atoms with Crippen molar-refractivity contribution in [3.8, 4) is 0 Å². The highest BCUT2D eigenvalue weighted by Gasteiger charge is 2.48. The fourth-order valence-corrected chi connectivity index (χ4v) is 4.53. The van der Waals surface area contributed by atoms with Crippen LogP contribution in [0.2, 0.25) is 0 Å². The summed E-state index contributed by atoms with van der Waals surface area (Å²) < 4.78 is 1.88. The van der Waals surface area contributed by atoms with E-state index in [4.69, 9.17) is 5.10 Å². The third kappa shape index (κ3) is 3.08. The van der Waals surface area contributed by atoms with Crippen LogP contribution in [0.15, 0.2) is 30.5 Å². The maximum atomic E-state index is 4.81. The number of fused-ring (bicyclic) bond motifs is 1. The molecule has 0 radical (unpaired) electrons. The molecule has 0 bridgehead atoms. The first-order valence-electron chi connectivity index (χ1n) is 10.3. The lowest BCUT2D eigenvalue weighted by atomic mass is 9.54. The summed E-state index contributed by atoms with van der Waals surface area (Å²) in [5.41, 5.74) is 3.32. The predicted octanol–water partition coefficient (Wildman–Crippen LogP) is 4.00. The Morgan fingerprint density at radius 3 is 2.75 bits per heavy atom. The smallest absolute Gasteiger partial charge is 0.201 e. The first-order valence-corrected chi connectivity index (χ1v) is 10.3. The molecule has 0 aromatic carbocycles. The van der Waals surface area contributed by atoms with Crippen molar-refractivity contribution < 1.29 is 0 Å². The summed E-state index contributed by atoms with van der Waals surface area (Å²) in [5, 5.41) is 20.7. The zero-order valence-electron chi connectivity index (χ0n) is 16.5. The van der Waals surface area contributed by atoms with Crippen molar-refractivity contribution in [2.24, 2.45) is 5.41 Å². The van der Waals surface area contributed by atoms with Gasteiger partial charge >= 0.3 is 0 Å². The normalized spacial score (nSPS) is 18.2. The minimum Gasteiger partial charge on any atom is -0.376 e. The zero-order valence-corrected chi connectivity index (χ0v) is 16.5. The number of hydrogen-bond acceptors (Lipinski definition) is 6. The molecule has 2 fully saturated rings. The van der Waals surface area contributed by atoms with Crippen LogP contribution < -0.4 is 10.6 Å². The van der Waals surface area contributed by atoms with Gasteiger partial charge in [-0.3, -0.25) is 4.98 Å². The molecule has 3 aromatic rings. The second-order valence-corrected chi connectivity index (χ2v) is 8.67. The van der Waals surface area contributed by atoms with Gasteiger partial charge < -0.3 is 10.6 Å². The molecule has 2 aliphatic carbocycles. The molecule has 3 aromatic heterocycles. The molecule has 0 atom stereocenters. The van der Waals surface area contributed by atoms with Gasteiger partial charge in [0.15, 0.2) is 5.82 Å². The largest absolute Gasteiger partial charge is 0.376 e. The van der Waals surface area contributed by atoms with Crippen LogP contribution in [0.3, 0.4) is 0 Å². The number of nitrogens with zero attached hydrogens (tertiary/aromatic N) is 5. The van der Waals surface area contributed by atoms with E-state index >= 15 is 0 Å². The predicted molar refractivity (Wildman–Crippen MR) is 109 cm³/mol. The number of pyridine rings is 1. The van der Waals surface area contributed by atoms with E-state index in [2.05, 4.69) is 45.7 Å². The lowest BCUT2D eigenvalue weighted by Crippen LogP contribution is -2.49.